The van der Waals surface area contributed by atoms with E-state index < -0.39 is 0 Å². The van der Waals surface area contributed by atoms with Crippen molar-refractivity contribution in [3.8, 4) is 6.07 Å². The van der Waals surface area contributed by atoms with Crippen LogP contribution in [-0.4, -0.2) is 50.2 Å². The van der Waals surface area contributed by atoms with E-state index in [0.717, 1.165) is 49.1 Å². The summed E-state index contributed by atoms with van der Waals surface area (Å²) in [5, 5.41) is 9.05. The summed E-state index contributed by atoms with van der Waals surface area (Å²) in [7, 11) is 3.97. The summed E-state index contributed by atoms with van der Waals surface area (Å²) >= 11 is 0. The van der Waals surface area contributed by atoms with E-state index in [2.05, 4.69) is 31.9 Å². The molecule has 1 aromatic heterocycles. The Morgan fingerprint density at radius 2 is 1.79 bits per heavy atom. The second-order valence-electron chi connectivity index (χ2n) is 6.19. The van der Waals surface area contributed by atoms with Crippen LogP contribution in [0.25, 0.3) is 0 Å². The van der Waals surface area contributed by atoms with Crippen molar-refractivity contribution in [2.24, 2.45) is 0 Å². The fourth-order valence-corrected chi connectivity index (χ4v) is 2.88. The number of rotatable bonds is 3. The first-order chi connectivity index (χ1) is 11.6. The van der Waals surface area contributed by atoms with E-state index in [9.17, 15) is 0 Å². The van der Waals surface area contributed by atoms with Gasteiger partial charge in [-0.25, -0.2) is 4.98 Å². The topological polar surface area (TPSA) is 59.3 Å². The summed E-state index contributed by atoms with van der Waals surface area (Å²) in [5.74, 6) is 1.71. The Hall–Kier alpha value is -2.81. The smallest absolute Gasteiger partial charge is 0.227 e. The van der Waals surface area contributed by atoms with Crippen LogP contribution >= 0.6 is 0 Å². The fraction of sp³-hybridized carbons (Fsp3) is 0.389. The van der Waals surface area contributed by atoms with Gasteiger partial charge in [0.1, 0.15) is 5.82 Å². The molecule has 0 radical (unpaired) electrons. The van der Waals surface area contributed by atoms with Crippen molar-refractivity contribution in [3.05, 3.63) is 41.6 Å². The zero-order valence-corrected chi connectivity index (χ0v) is 14.4. The summed E-state index contributed by atoms with van der Waals surface area (Å²) in [6, 6.07) is 10.2. The highest BCUT2D eigenvalue weighted by atomic mass is 15.3. The molecule has 6 heteroatoms. The van der Waals surface area contributed by atoms with Crippen LogP contribution in [0.3, 0.4) is 0 Å². The lowest BCUT2D eigenvalue weighted by Crippen LogP contribution is -2.47. The van der Waals surface area contributed by atoms with Gasteiger partial charge in [-0.05, 0) is 36.8 Å². The van der Waals surface area contributed by atoms with Crippen LogP contribution in [0.1, 0.15) is 11.1 Å². The van der Waals surface area contributed by atoms with E-state index in [4.69, 9.17) is 5.26 Å². The van der Waals surface area contributed by atoms with Crippen molar-refractivity contribution in [1.29, 1.82) is 5.26 Å². The monoisotopic (exact) mass is 322 g/mol. The average molecular weight is 322 g/mol. The molecule has 0 N–H and O–H groups in total. The Balaban J connectivity index is 1.69. The molecule has 0 unspecified atom stereocenters. The van der Waals surface area contributed by atoms with Gasteiger partial charge in [0.05, 0.1) is 11.6 Å². The largest absolute Gasteiger partial charge is 0.368 e. The number of piperazine rings is 1. The van der Waals surface area contributed by atoms with Crippen LogP contribution in [0.2, 0.25) is 0 Å². The fourth-order valence-electron chi connectivity index (χ4n) is 2.88. The van der Waals surface area contributed by atoms with E-state index >= 15 is 0 Å². The summed E-state index contributed by atoms with van der Waals surface area (Å²) in [4.78, 5) is 15.6. The van der Waals surface area contributed by atoms with Gasteiger partial charge in [-0.1, -0.05) is 0 Å². The molecular weight excluding hydrogens is 300 g/mol. The second-order valence-corrected chi connectivity index (χ2v) is 6.19. The highest BCUT2D eigenvalue weighted by Gasteiger charge is 2.20. The predicted octanol–water partition coefficient (Wildman–Crippen LogP) is 2.05. The molecule has 6 nitrogen and oxygen atoms in total. The highest BCUT2D eigenvalue weighted by molar-refractivity contribution is 5.54. The van der Waals surface area contributed by atoms with Gasteiger partial charge in [-0.2, -0.15) is 10.2 Å². The molecule has 1 fully saturated rings. The molecule has 0 aliphatic carbocycles. The van der Waals surface area contributed by atoms with Crippen LogP contribution in [-0.2, 0) is 0 Å². The number of nitrogens with zero attached hydrogens (tertiary/aromatic N) is 6. The molecule has 0 spiro atoms. The maximum absolute atomic E-state index is 9.05. The third-order valence-corrected chi connectivity index (χ3v) is 4.34. The lowest BCUT2D eigenvalue weighted by molar-refractivity contribution is 0.639. The zero-order valence-electron chi connectivity index (χ0n) is 14.4. The minimum absolute atomic E-state index is 0.742. The Morgan fingerprint density at radius 1 is 1.08 bits per heavy atom. The van der Waals surface area contributed by atoms with Gasteiger partial charge in [-0.15, -0.1) is 0 Å². The van der Waals surface area contributed by atoms with Gasteiger partial charge in [0, 0.05) is 52.2 Å². The van der Waals surface area contributed by atoms with Crippen LogP contribution in [0.15, 0.2) is 30.5 Å². The highest BCUT2D eigenvalue weighted by Crippen LogP contribution is 2.22. The number of aryl methyl sites for hydroxylation is 1. The van der Waals surface area contributed by atoms with Gasteiger partial charge in [0.15, 0.2) is 0 Å². The summed E-state index contributed by atoms with van der Waals surface area (Å²) in [5.41, 5.74) is 2.94. The molecule has 124 valence electrons. The molecule has 2 heterocycles. The Labute approximate surface area is 143 Å². The van der Waals surface area contributed by atoms with E-state index in [1.54, 1.807) is 0 Å². The van der Waals surface area contributed by atoms with Crippen LogP contribution < -0.4 is 14.7 Å². The maximum atomic E-state index is 9.05. The third kappa shape index (κ3) is 3.25. The minimum atomic E-state index is 0.742. The van der Waals surface area contributed by atoms with Crippen molar-refractivity contribution in [2.45, 2.75) is 6.92 Å². The molecule has 0 saturated carbocycles. The normalized spacial score (nSPS) is 14.4. The SMILES string of the molecule is Cc1cc(N2CCN(c3nccc(N(C)C)n3)CC2)ccc1C#N. The van der Waals surface area contributed by atoms with Gasteiger partial charge < -0.3 is 14.7 Å². The lowest BCUT2D eigenvalue weighted by Gasteiger charge is -2.36. The molecule has 2 aromatic rings. The quantitative estimate of drug-likeness (QED) is 0.862. The number of benzene rings is 1. The van der Waals surface area contributed by atoms with E-state index in [1.807, 2.05) is 50.3 Å². The molecule has 0 atom stereocenters. The first-order valence-electron chi connectivity index (χ1n) is 8.09. The Kier molecular flexibility index (Phi) is 4.52. The van der Waals surface area contributed by atoms with Crippen molar-refractivity contribution in [2.75, 3.05) is 55.0 Å². The van der Waals surface area contributed by atoms with Crippen molar-refractivity contribution in [1.82, 2.24) is 9.97 Å². The molecule has 1 aliphatic rings. The van der Waals surface area contributed by atoms with Crippen LogP contribution in [0.4, 0.5) is 17.5 Å². The molecule has 0 bridgehead atoms. The summed E-state index contributed by atoms with van der Waals surface area (Å²) < 4.78 is 0. The predicted molar refractivity (Wildman–Crippen MR) is 96.7 cm³/mol. The Bertz CT molecular complexity index is 756. The number of aromatic nitrogens is 2. The summed E-state index contributed by atoms with van der Waals surface area (Å²) in [6.45, 7) is 5.59. The lowest BCUT2D eigenvalue weighted by atomic mass is 10.1. The molecule has 3 rings (SSSR count). The molecule has 1 saturated heterocycles. The summed E-state index contributed by atoms with van der Waals surface area (Å²) in [6.07, 6.45) is 1.81. The molecular formula is C18H22N6. The first kappa shape index (κ1) is 16.1. The van der Waals surface area contributed by atoms with E-state index in [-0.39, 0.29) is 0 Å². The van der Waals surface area contributed by atoms with Crippen LogP contribution in [0, 0.1) is 18.3 Å². The van der Waals surface area contributed by atoms with Crippen molar-refractivity contribution >= 4 is 17.5 Å². The van der Waals surface area contributed by atoms with E-state index in [0.29, 0.717) is 0 Å². The maximum Gasteiger partial charge on any atom is 0.227 e. The molecule has 1 aliphatic heterocycles. The Morgan fingerprint density at radius 3 is 2.42 bits per heavy atom. The molecule has 0 amide bonds. The average Bonchev–Trinajstić information content (AvgIpc) is 2.62. The zero-order chi connectivity index (χ0) is 17.1. The second kappa shape index (κ2) is 6.75. The number of hydrogen-bond acceptors (Lipinski definition) is 6. The first-order valence-corrected chi connectivity index (χ1v) is 8.09. The van der Waals surface area contributed by atoms with Crippen LogP contribution in [0.5, 0.6) is 0 Å². The molecule has 24 heavy (non-hydrogen) atoms. The van der Waals surface area contributed by atoms with Gasteiger partial charge in [-0.3, -0.25) is 0 Å². The third-order valence-electron chi connectivity index (χ3n) is 4.34. The number of hydrogen-bond donors (Lipinski definition) is 0. The van der Waals surface area contributed by atoms with Crippen molar-refractivity contribution in [3.63, 3.8) is 0 Å². The van der Waals surface area contributed by atoms with Gasteiger partial charge >= 0.3 is 0 Å². The molecule has 1 aromatic carbocycles. The van der Waals surface area contributed by atoms with Crippen molar-refractivity contribution < 1.29 is 0 Å². The standard InChI is InChI=1S/C18H22N6/c1-14-12-16(5-4-15(14)13-19)23-8-10-24(11-9-23)18-20-7-6-17(21-18)22(2)3/h4-7,12H,8-11H2,1-3H3. The van der Waals surface area contributed by atoms with Gasteiger partial charge in [0.25, 0.3) is 0 Å². The number of anilines is 3. The number of nitriles is 1. The van der Waals surface area contributed by atoms with E-state index in [1.165, 1.54) is 5.69 Å². The minimum Gasteiger partial charge on any atom is -0.368 e. The van der Waals surface area contributed by atoms with Gasteiger partial charge in [0.2, 0.25) is 5.95 Å².